The monoisotopic (exact) mass is 341 g/mol. The third kappa shape index (κ3) is 3.38. The van der Waals surface area contributed by atoms with Gasteiger partial charge in [-0.1, -0.05) is 12.1 Å². The van der Waals surface area contributed by atoms with E-state index in [1.165, 1.54) is 12.1 Å². The first-order valence-corrected chi connectivity index (χ1v) is 7.75. The zero-order chi connectivity index (χ0) is 17.5. The summed E-state index contributed by atoms with van der Waals surface area (Å²) >= 11 is 0. The van der Waals surface area contributed by atoms with E-state index in [0.717, 1.165) is 12.1 Å². The lowest BCUT2D eigenvalue weighted by molar-refractivity contribution is -0.137. The molecule has 5 nitrogen and oxygen atoms in total. The van der Waals surface area contributed by atoms with Crippen molar-refractivity contribution in [1.82, 2.24) is 16.0 Å². The van der Waals surface area contributed by atoms with Gasteiger partial charge in [0.05, 0.1) is 29.7 Å². The minimum Gasteiger partial charge on any atom is -0.345 e. The van der Waals surface area contributed by atoms with Crippen LogP contribution in [0.1, 0.15) is 37.3 Å². The average Bonchev–Trinajstić information content (AvgIpc) is 3.26. The van der Waals surface area contributed by atoms with E-state index in [0.29, 0.717) is 18.4 Å². The van der Waals surface area contributed by atoms with Gasteiger partial charge >= 0.3 is 6.18 Å². The van der Waals surface area contributed by atoms with Crippen LogP contribution in [0.4, 0.5) is 13.2 Å². The third-order valence-electron chi connectivity index (χ3n) is 4.41. The van der Waals surface area contributed by atoms with Crippen LogP contribution in [0.3, 0.4) is 0 Å². The Morgan fingerprint density at radius 1 is 1.25 bits per heavy atom. The topological polar surface area (TPSA) is 70.2 Å². The molecule has 0 aromatic heterocycles. The lowest BCUT2D eigenvalue weighted by atomic mass is 10.0. The molecule has 2 atom stereocenters. The van der Waals surface area contributed by atoms with Gasteiger partial charge in [-0.2, -0.15) is 13.2 Å². The Balaban J connectivity index is 1.70. The van der Waals surface area contributed by atoms with Crippen molar-refractivity contribution < 1.29 is 22.8 Å². The standard InChI is InChI=1S/C16H18F3N3O2/c1-9-20-12(8-13(23)21-9)14(24)22-15(6-7-15)10-2-4-11(5-3-10)16(17,18)19/h2-5,9,12,20H,6-8H2,1H3,(H,21,23)(H,22,24). The van der Waals surface area contributed by atoms with E-state index in [1.54, 1.807) is 6.92 Å². The summed E-state index contributed by atoms with van der Waals surface area (Å²) in [5.41, 5.74) is -0.690. The van der Waals surface area contributed by atoms with Crippen LogP contribution < -0.4 is 16.0 Å². The summed E-state index contributed by atoms with van der Waals surface area (Å²) in [5.74, 6) is -0.519. The van der Waals surface area contributed by atoms with Crippen LogP contribution in [-0.2, 0) is 21.3 Å². The minimum absolute atomic E-state index is 0.0409. The largest absolute Gasteiger partial charge is 0.416 e. The van der Waals surface area contributed by atoms with Crippen molar-refractivity contribution in [2.45, 2.75) is 50.1 Å². The number of nitrogens with one attached hydrogen (secondary N) is 3. The Bertz CT molecular complexity index is 654. The van der Waals surface area contributed by atoms with Gasteiger partial charge in [-0.15, -0.1) is 0 Å². The molecule has 0 spiro atoms. The SMILES string of the molecule is CC1NC(=O)CC(C(=O)NC2(c3ccc(C(F)(F)F)cc3)CC2)N1. The molecular weight excluding hydrogens is 323 g/mol. The molecule has 1 saturated carbocycles. The normalized spacial score (nSPS) is 25.8. The zero-order valence-corrected chi connectivity index (χ0v) is 13.0. The van der Waals surface area contributed by atoms with E-state index < -0.39 is 23.3 Å². The highest BCUT2D eigenvalue weighted by Crippen LogP contribution is 2.46. The summed E-state index contributed by atoms with van der Waals surface area (Å²) in [6.07, 6.45) is -3.31. The highest BCUT2D eigenvalue weighted by molar-refractivity contribution is 5.90. The molecule has 1 saturated heterocycles. The Labute approximate surface area is 137 Å². The van der Waals surface area contributed by atoms with E-state index in [1.807, 2.05) is 0 Å². The fourth-order valence-corrected chi connectivity index (χ4v) is 2.97. The number of carbonyl (C=O) groups is 2. The van der Waals surface area contributed by atoms with Crippen LogP contribution in [0, 0.1) is 0 Å². The number of carbonyl (C=O) groups excluding carboxylic acids is 2. The molecule has 2 unspecified atom stereocenters. The van der Waals surface area contributed by atoms with Gasteiger partial charge in [0, 0.05) is 0 Å². The van der Waals surface area contributed by atoms with Crippen molar-refractivity contribution in [2.24, 2.45) is 0 Å². The first-order valence-electron chi connectivity index (χ1n) is 7.75. The number of amides is 2. The van der Waals surface area contributed by atoms with Gasteiger partial charge in [0.2, 0.25) is 11.8 Å². The van der Waals surface area contributed by atoms with Gasteiger partial charge in [0.15, 0.2) is 0 Å². The molecule has 1 heterocycles. The second kappa shape index (κ2) is 5.77. The van der Waals surface area contributed by atoms with Gasteiger partial charge in [0.25, 0.3) is 0 Å². The number of halogens is 3. The number of hydrogen-bond donors (Lipinski definition) is 3. The molecular formula is C16H18F3N3O2. The lowest BCUT2D eigenvalue weighted by Crippen LogP contribution is -2.60. The van der Waals surface area contributed by atoms with Crippen molar-refractivity contribution in [3.8, 4) is 0 Å². The predicted molar refractivity (Wildman–Crippen MR) is 79.6 cm³/mol. The van der Waals surface area contributed by atoms with Crippen LogP contribution in [0.2, 0.25) is 0 Å². The molecule has 8 heteroatoms. The zero-order valence-electron chi connectivity index (χ0n) is 13.0. The minimum atomic E-state index is -4.38. The molecule has 3 rings (SSSR count). The number of hydrogen-bond acceptors (Lipinski definition) is 3. The highest BCUT2D eigenvalue weighted by atomic mass is 19.4. The Hall–Kier alpha value is -2.09. The van der Waals surface area contributed by atoms with Crippen LogP contribution in [0.5, 0.6) is 0 Å². The molecule has 0 bridgehead atoms. The van der Waals surface area contributed by atoms with Crippen molar-refractivity contribution in [3.05, 3.63) is 35.4 Å². The summed E-state index contributed by atoms with van der Waals surface area (Å²) in [5, 5.41) is 8.53. The van der Waals surface area contributed by atoms with Crippen molar-refractivity contribution in [3.63, 3.8) is 0 Å². The fourth-order valence-electron chi connectivity index (χ4n) is 2.97. The maximum atomic E-state index is 12.6. The summed E-state index contributed by atoms with van der Waals surface area (Å²) in [6.45, 7) is 1.74. The van der Waals surface area contributed by atoms with Crippen molar-refractivity contribution in [1.29, 1.82) is 0 Å². The van der Waals surface area contributed by atoms with Crippen LogP contribution in [0.25, 0.3) is 0 Å². The van der Waals surface area contributed by atoms with E-state index in [4.69, 9.17) is 0 Å². The third-order valence-corrected chi connectivity index (χ3v) is 4.41. The van der Waals surface area contributed by atoms with Crippen LogP contribution in [0.15, 0.2) is 24.3 Å². The molecule has 1 aromatic carbocycles. The highest BCUT2D eigenvalue weighted by Gasteiger charge is 2.47. The van der Waals surface area contributed by atoms with Gasteiger partial charge in [-0.3, -0.25) is 14.9 Å². The van der Waals surface area contributed by atoms with E-state index in [9.17, 15) is 22.8 Å². The van der Waals surface area contributed by atoms with Gasteiger partial charge in [0.1, 0.15) is 0 Å². The Kier molecular flexibility index (Phi) is 4.03. The molecule has 24 heavy (non-hydrogen) atoms. The smallest absolute Gasteiger partial charge is 0.345 e. The van der Waals surface area contributed by atoms with Crippen LogP contribution >= 0.6 is 0 Å². The molecule has 0 radical (unpaired) electrons. The Morgan fingerprint density at radius 3 is 2.38 bits per heavy atom. The van der Waals surface area contributed by atoms with E-state index in [2.05, 4.69) is 16.0 Å². The number of rotatable bonds is 3. The summed E-state index contributed by atoms with van der Waals surface area (Å²) < 4.78 is 37.9. The first-order chi connectivity index (χ1) is 11.2. The predicted octanol–water partition coefficient (Wildman–Crippen LogP) is 1.63. The lowest BCUT2D eigenvalue weighted by Gasteiger charge is -2.30. The van der Waals surface area contributed by atoms with Gasteiger partial charge in [-0.25, -0.2) is 0 Å². The fraction of sp³-hybridized carbons (Fsp3) is 0.500. The molecule has 3 N–H and O–H groups in total. The Morgan fingerprint density at radius 2 is 1.88 bits per heavy atom. The summed E-state index contributed by atoms with van der Waals surface area (Å²) in [6, 6.07) is 4.21. The van der Waals surface area contributed by atoms with Crippen molar-refractivity contribution in [2.75, 3.05) is 0 Å². The maximum absolute atomic E-state index is 12.6. The second-order valence-electron chi connectivity index (χ2n) is 6.36. The summed E-state index contributed by atoms with van der Waals surface area (Å²) in [4.78, 5) is 23.9. The first kappa shape index (κ1) is 16.8. The van der Waals surface area contributed by atoms with Gasteiger partial charge < -0.3 is 10.6 Å². The number of benzene rings is 1. The molecule has 2 amide bonds. The quantitative estimate of drug-likeness (QED) is 0.783. The van der Waals surface area contributed by atoms with E-state index in [-0.39, 0.29) is 24.4 Å². The maximum Gasteiger partial charge on any atom is 0.416 e. The van der Waals surface area contributed by atoms with Crippen molar-refractivity contribution >= 4 is 11.8 Å². The molecule has 2 aliphatic rings. The second-order valence-corrected chi connectivity index (χ2v) is 6.36. The van der Waals surface area contributed by atoms with Gasteiger partial charge in [-0.05, 0) is 37.5 Å². The molecule has 1 aliphatic heterocycles. The average molecular weight is 341 g/mol. The van der Waals surface area contributed by atoms with Crippen LogP contribution in [-0.4, -0.2) is 24.0 Å². The molecule has 1 aromatic rings. The molecule has 2 fully saturated rings. The van der Waals surface area contributed by atoms with E-state index >= 15 is 0 Å². The molecule has 1 aliphatic carbocycles. The summed E-state index contributed by atoms with van der Waals surface area (Å²) in [7, 11) is 0. The molecule has 130 valence electrons. The number of alkyl halides is 3.